The standard InChI is InChI=1S/C21H22BrClN2O3S/c1-24-15(13-29(27)16-4-2-3-14(23)9-16)10-17-18(12-25-5-7-28-8-6-25)21(26)19(22)11-20(17)24/h2-4,9-11,26H,5-8,12-13H2,1H3. The first kappa shape index (κ1) is 20.9. The second kappa shape index (κ2) is 8.78. The first-order valence-corrected chi connectivity index (χ1v) is 11.9. The van der Waals surface area contributed by atoms with Crippen molar-refractivity contribution in [1.29, 1.82) is 0 Å². The van der Waals surface area contributed by atoms with Crippen molar-refractivity contribution in [3.8, 4) is 5.75 Å². The molecule has 1 aromatic heterocycles. The van der Waals surface area contributed by atoms with Gasteiger partial charge in [-0.3, -0.25) is 9.11 Å². The second-order valence-corrected chi connectivity index (χ2v) is 9.89. The van der Waals surface area contributed by atoms with Gasteiger partial charge >= 0.3 is 0 Å². The predicted octanol–water partition coefficient (Wildman–Crippen LogP) is 4.44. The van der Waals surface area contributed by atoms with Gasteiger partial charge in [0.1, 0.15) is 5.75 Å². The average molecular weight is 498 g/mol. The predicted molar refractivity (Wildman–Crippen MR) is 120 cm³/mol. The summed E-state index contributed by atoms with van der Waals surface area (Å²) >= 11 is 9.54. The number of benzene rings is 2. The molecule has 29 heavy (non-hydrogen) atoms. The van der Waals surface area contributed by atoms with Crippen molar-refractivity contribution in [2.45, 2.75) is 17.2 Å². The summed E-state index contributed by atoms with van der Waals surface area (Å²) in [6, 6.07) is 11.1. The maximum Gasteiger partial charge on any atom is 0.135 e. The summed E-state index contributed by atoms with van der Waals surface area (Å²) < 4.78 is 21.0. The van der Waals surface area contributed by atoms with Crippen LogP contribution < -0.4 is 0 Å². The van der Waals surface area contributed by atoms with Gasteiger partial charge in [-0.05, 0) is 46.3 Å². The van der Waals surface area contributed by atoms with Crippen LogP contribution in [0.15, 0.2) is 45.8 Å². The minimum Gasteiger partial charge on any atom is -0.506 e. The third kappa shape index (κ3) is 4.39. The van der Waals surface area contributed by atoms with E-state index in [1.165, 1.54) is 0 Å². The number of morpholine rings is 1. The van der Waals surface area contributed by atoms with Gasteiger partial charge in [0.2, 0.25) is 0 Å². The summed E-state index contributed by atoms with van der Waals surface area (Å²) in [5.41, 5.74) is 2.82. The fourth-order valence-corrected chi connectivity index (χ4v) is 5.57. The highest BCUT2D eigenvalue weighted by atomic mass is 79.9. The number of fused-ring (bicyclic) bond motifs is 1. The molecule has 1 saturated heterocycles. The lowest BCUT2D eigenvalue weighted by Gasteiger charge is -2.27. The fraction of sp³-hybridized carbons (Fsp3) is 0.333. The highest BCUT2D eigenvalue weighted by Gasteiger charge is 2.20. The fourth-order valence-electron chi connectivity index (χ4n) is 3.66. The Bertz CT molecular complexity index is 1080. The molecule has 0 saturated carbocycles. The van der Waals surface area contributed by atoms with Crippen LogP contribution in [0.2, 0.25) is 5.02 Å². The number of aromatic hydroxyl groups is 1. The summed E-state index contributed by atoms with van der Waals surface area (Å²) in [7, 11) is 0.755. The van der Waals surface area contributed by atoms with E-state index in [4.69, 9.17) is 16.3 Å². The number of nitrogens with zero attached hydrogens (tertiary/aromatic N) is 2. The molecule has 3 aromatic rings. The van der Waals surface area contributed by atoms with Gasteiger partial charge in [0.05, 0.1) is 34.2 Å². The molecule has 1 N–H and O–H groups in total. The molecule has 2 aromatic carbocycles. The Kier molecular flexibility index (Phi) is 6.32. The second-order valence-electron chi connectivity index (χ2n) is 7.15. The number of phenolic OH excluding ortho intramolecular Hbond substituents is 1. The Balaban J connectivity index is 1.70. The van der Waals surface area contributed by atoms with Gasteiger partial charge in [0.15, 0.2) is 0 Å². The molecule has 0 aliphatic carbocycles. The SMILES string of the molecule is Cn1c(CS(=O)c2cccc(Cl)c2)cc2c(CN3CCOCC3)c(O)c(Br)cc21. The van der Waals surface area contributed by atoms with Crippen LogP contribution in [0.4, 0.5) is 0 Å². The van der Waals surface area contributed by atoms with E-state index in [-0.39, 0.29) is 5.75 Å². The van der Waals surface area contributed by atoms with Crippen molar-refractivity contribution in [3.05, 3.63) is 57.2 Å². The molecule has 0 bridgehead atoms. The smallest absolute Gasteiger partial charge is 0.135 e. The molecule has 1 aliphatic rings. The number of hydrogen-bond acceptors (Lipinski definition) is 4. The van der Waals surface area contributed by atoms with Crippen molar-refractivity contribution < 1.29 is 14.1 Å². The van der Waals surface area contributed by atoms with Crippen LogP contribution in [0.1, 0.15) is 11.3 Å². The molecule has 0 radical (unpaired) electrons. The molecular formula is C21H22BrClN2O3S. The van der Waals surface area contributed by atoms with E-state index in [0.717, 1.165) is 35.2 Å². The van der Waals surface area contributed by atoms with E-state index < -0.39 is 10.8 Å². The normalized spacial score (nSPS) is 16.4. The minimum atomic E-state index is -1.21. The summed E-state index contributed by atoms with van der Waals surface area (Å²) in [5, 5.41) is 12.3. The third-order valence-corrected chi connectivity index (χ3v) is 7.48. The molecule has 0 amide bonds. The molecule has 4 rings (SSSR count). The van der Waals surface area contributed by atoms with Crippen molar-refractivity contribution in [3.63, 3.8) is 0 Å². The monoisotopic (exact) mass is 496 g/mol. The lowest BCUT2D eigenvalue weighted by Crippen LogP contribution is -2.35. The molecule has 2 heterocycles. The van der Waals surface area contributed by atoms with Crippen LogP contribution in [0.5, 0.6) is 5.75 Å². The Morgan fingerprint density at radius 1 is 1.24 bits per heavy atom. The number of rotatable bonds is 5. The van der Waals surface area contributed by atoms with Crippen LogP contribution >= 0.6 is 27.5 Å². The van der Waals surface area contributed by atoms with Crippen molar-refractivity contribution in [2.75, 3.05) is 26.3 Å². The highest BCUT2D eigenvalue weighted by Crippen LogP contribution is 2.37. The first-order chi connectivity index (χ1) is 13.9. The summed E-state index contributed by atoms with van der Waals surface area (Å²) in [5.74, 6) is 0.637. The van der Waals surface area contributed by atoms with Crippen LogP contribution in [0.3, 0.4) is 0 Å². The van der Waals surface area contributed by atoms with E-state index in [2.05, 4.69) is 20.8 Å². The lowest BCUT2D eigenvalue weighted by atomic mass is 10.1. The quantitative estimate of drug-likeness (QED) is 0.566. The van der Waals surface area contributed by atoms with Gasteiger partial charge in [0.25, 0.3) is 0 Å². The van der Waals surface area contributed by atoms with E-state index in [1.54, 1.807) is 12.1 Å². The van der Waals surface area contributed by atoms with E-state index in [0.29, 0.717) is 39.9 Å². The molecule has 1 fully saturated rings. The number of phenols is 1. The van der Waals surface area contributed by atoms with Crippen molar-refractivity contribution in [2.24, 2.45) is 7.05 Å². The molecule has 1 aliphatic heterocycles. The van der Waals surface area contributed by atoms with Gasteiger partial charge in [-0.1, -0.05) is 17.7 Å². The lowest BCUT2D eigenvalue weighted by molar-refractivity contribution is 0.0340. The number of ether oxygens (including phenoxy) is 1. The van der Waals surface area contributed by atoms with Crippen LogP contribution in [0, 0.1) is 0 Å². The summed E-state index contributed by atoms with van der Waals surface area (Å²) in [6.45, 7) is 3.73. The van der Waals surface area contributed by atoms with E-state index >= 15 is 0 Å². The average Bonchev–Trinajstić information content (AvgIpc) is 3.01. The van der Waals surface area contributed by atoms with Crippen molar-refractivity contribution >= 4 is 49.2 Å². The number of hydrogen-bond donors (Lipinski definition) is 1. The van der Waals surface area contributed by atoms with Crippen LogP contribution in [-0.2, 0) is 34.9 Å². The summed E-state index contributed by atoms with van der Waals surface area (Å²) in [4.78, 5) is 2.99. The number of halogens is 2. The zero-order valence-corrected chi connectivity index (χ0v) is 19.2. The number of aryl methyl sites for hydroxylation is 1. The minimum absolute atomic E-state index is 0.261. The van der Waals surface area contributed by atoms with E-state index in [9.17, 15) is 9.32 Å². The molecule has 5 nitrogen and oxygen atoms in total. The van der Waals surface area contributed by atoms with Gasteiger partial charge in [-0.2, -0.15) is 0 Å². The maximum absolute atomic E-state index is 12.9. The molecule has 8 heteroatoms. The van der Waals surface area contributed by atoms with E-state index in [1.807, 2.05) is 35.9 Å². The topological polar surface area (TPSA) is 54.7 Å². The molecule has 0 spiro atoms. The van der Waals surface area contributed by atoms with Gasteiger partial charge in [-0.15, -0.1) is 0 Å². The highest BCUT2D eigenvalue weighted by molar-refractivity contribution is 9.10. The van der Waals surface area contributed by atoms with Gasteiger partial charge in [0, 0.05) is 58.8 Å². The molecule has 1 atom stereocenters. The van der Waals surface area contributed by atoms with Crippen LogP contribution in [-0.4, -0.2) is 45.1 Å². The van der Waals surface area contributed by atoms with Crippen LogP contribution in [0.25, 0.3) is 10.9 Å². The summed E-state index contributed by atoms with van der Waals surface area (Å²) in [6.07, 6.45) is 0. The van der Waals surface area contributed by atoms with Crippen molar-refractivity contribution in [1.82, 2.24) is 9.47 Å². The Labute approximate surface area is 185 Å². The molecular weight excluding hydrogens is 476 g/mol. The first-order valence-electron chi connectivity index (χ1n) is 9.36. The van der Waals surface area contributed by atoms with Gasteiger partial charge < -0.3 is 14.4 Å². The molecule has 1 unspecified atom stereocenters. The molecule has 154 valence electrons. The largest absolute Gasteiger partial charge is 0.506 e. The van der Waals surface area contributed by atoms with Gasteiger partial charge in [-0.25, -0.2) is 0 Å². The Morgan fingerprint density at radius 3 is 2.72 bits per heavy atom. The Hall–Kier alpha value is -1.38. The third-order valence-electron chi connectivity index (χ3n) is 5.30. The zero-order valence-electron chi connectivity index (χ0n) is 16.0. The Morgan fingerprint density at radius 2 is 2.00 bits per heavy atom. The maximum atomic E-state index is 12.9. The zero-order chi connectivity index (χ0) is 20.5. The number of aromatic nitrogens is 1.